The highest BCUT2D eigenvalue weighted by Gasteiger charge is 2.44. The van der Waals surface area contributed by atoms with E-state index in [9.17, 15) is 18.0 Å². The molecule has 0 unspecified atom stereocenters. The lowest BCUT2D eigenvalue weighted by molar-refractivity contribution is -0.150. The van der Waals surface area contributed by atoms with Gasteiger partial charge in [0.2, 0.25) is 0 Å². The summed E-state index contributed by atoms with van der Waals surface area (Å²) in [6.07, 6.45) is -0.328. The van der Waals surface area contributed by atoms with Gasteiger partial charge in [0.15, 0.2) is 0 Å². The summed E-state index contributed by atoms with van der Waals surface area (Å²) in [7, 11) is -3.98. The third-order valence-electron chi connectivity index (χ3n) is 2.31. The van der Waals surface area contributed by atoms with Crippen LogP contribution in [-0.4, -0.2) is 24.5 Å². The number of hydrogen-bond acceptors (Lipinski definition) is 4. The number of amides is 2. The highest BCUT2D eigenvalue weighted by atomic mass is 32.2. The molecular weight excluding hydrogens is 230 g/mol. The fourth-order valence-electron chi connectivity index (χ4n) is 1.40. The predicted octanol–water partition coefficient (Wildman–Crippen LogP) is 0.443. The van der Waals surface area contributed by atoms with Crippen LogP contribution >= 0.6 is 0 Å². The van der Waals surface area contributed by atoms with Crippen molar-refractivity contribution in [3.05, 3.63) is 29.8 Å². The fourth-order valence-corrected chi connectivity index (χ4v) is 2.76. The first-order valence-electron chi connectivity index (χ1n) is 4.60. The van der Waals surface area contributed by atoms with Crippen molar-refractivity contribution in [2.45, 2.75) is 18.2 Å². The number of imide groups is 1. The normalized spacial score (nSPS) is 16.2. The number of β-lactam (4-membered cyclic amide) rings is 2. The smallest absolute Gasteiger partial charge is 0.273 e. The number of rotatable bonds is 2. The van der Waals surface area contributed by atoms with Gasteiger partial charge in [0.25, 0.3) is 21.8 Å². The molecule has 2 rings (SSSR count). The van der Waals surface area contributed by atoms with E-state index in [4.69, 9.17) is 0 Å². The third kappa shape index (κ3) is 1.51. The van der Waals surface area contributed by atoms with Crippen molar-refractivity contribution in [1.29, 1.82) is 0 Å². The van der Waals surface area contributed by atoms with Crippen LogP contribution in [0.3, 0.4) is 0 Å². The van der Waals surface area contributed by atoms with E-state index < -0.39 is 21.8 Å². The maximum atomic E-state index is 11.8. The molecule has 0 aromatic heterocycles. The monoisotopic (exact) mass is 239 g/mol. The van der Waals surface area contributed by atoms with Crippen LogP contribution in [0.5, 0.6) is 0 Å². The second-order valence-electron chi connectivity index (χ2n) is 3.55. The maximum Gasteiger partial charge on any atom is 0.273 e. The van der Waals surface area contributed by atoms with Crippen molar-refractivity contribution in [3.8, 4) is 0 Å². The van der Waals surface area contributed by atoms with Crippen molar-refractivity contribution >= 4 is 21.8 Å². The Morgan fingerprint density at radius 3 is 2.00 bits per heavy atom. The molecule has 1 heterocycles. The molecule has 5 nitrogen and oxygen atoms in total. The highest BCUT2D eigenvalue weighted by molar-refractivity contribution is 7.90. The molecule has 16 heavy (non-hydrogen) atoms. The zero-order chi connectivity index (χ0) is 11.9. The Labute approximate surface area is 92.7 Å². The molecule has 1 fully saturated rings. The molecule has 1 saturated heterocycles. The number of sulfonamides is 1. The highest BCUT2D eigenvalue weighted by Crippen LogP contribution is 2.23. The van der Waals surface area contributed by atoms with Crippen LogP contribution in [0, 0.1) is 6.92 Å². The van der Waals surface area contributed by atoms with E-state index in [1.165, 1.54) is 12.1 Å². The van der Waals surface area contributed by atoms with Gasteiger partial charge in [-0.05, 0) is 19.1 Å². The third-order valence-corrected chi connectivity index (χ3v) is 4.07. The van der Waals surface area contributed by atoms with E-state index >= 15 is 0 Å². The van der Waals surface area contributed by atoms with Crippen LogP contribution < -0.4 is 0 Å². The van der Waals surface area contributed by atoms with Crippen molar-refractivity contribution in [1.82, 2.24) is 4.31 Å². The van der Waals surface area contributed by atoms with E-state index in [-0.39, 0.29) is 11.3 Å². The summed E-state index contributed by atoms with van der Waals surface area (Å²) in [5.74, 6) is -1.35. The Kier molecular flexibility index (Phi) is 2.31. The summed E-state index contributed by atoms with van der Waals surface area (Å²) >= 11 is 0. The molecule has 1 aromatic carbocycles. The van der Waals surface area contributed by atoms with Crippen molar-refractivity contribution in [2.75, 3.05) is 0 Å². The lowest BCUT2D eigenvalue weighted by atomic mass is 10.2. The molecular formula is C10H9NO4S. The van der Waals surface area contributed by atoms with Crippen molar-refractivity contribution < 1.29 is 18.0 Å². The van der Waals surface area contributed by atoms with Gasteiger partial charge in [0.05, 0.1) is 4.90 Å². The van der Waals surface area contributed by atoms with E-state index in [1.807, 2.05) is 6.92 Å². The number of carbonyl (C=O) groups is 2. The van der Waals surface area contributed by atoms with Crippen LogP contribution in [0.1, 0.15) is 12.0 Å². The van der Waals surface area contributed by atoms with Crippen LogP contribution in [-0.2, 0) is 19.6 Å². The van der Waals surface area contributed by atoms with Crippen molar-refractivity contribution in [2.24, 2.45) is 0 Å². The molecule has 0 N–H and O–H groups in total. The Balaban J connectivity index is 2.43. The minimum absolute atomic E-state index is 0.0421. The predicted molar refractivity (Wildman–Crippen MR) is 54.8 cm³/mol. The Bertz CT molecular complexity index is 545. The summed E-state index contributed by atoms with van der Waals surface area (Å²) in [6.45, 7) is 1.82. The molecule has 6 heteroatoms. The SMILES string of the molecule is Cc1ccc(S(=O)(=O)N2C(=O)CC2=O)cc1. The standard InChI is InChI=1S/C10H9NO4S/c1-7-2-4-8(5-3-7)16(14,15)11-9(12)6-10(11)13/h2-5H,6H2,1H3. The van der Waals surface area contributed by atoms with Gasteiger partial charge in [-0.15, -0.1) is 0 Å². The lowest BCUT2D eigenvalue weighted by Gasteiger charge is -2.27. The van der Waals surface area contributed by atoms with E-state index in [0.29, 0.717) is 4.31 Å². The number of benzene rings is 1. The van der Waals surface area contributed by atoms with Gasteiger partial charge in [-0.3, -0.25) is 9.59 Å². The lowest BCUT2D eigenvalue weighted by Crippen LogP contribution is -2.52. The molecule has 84 valence electrons. The summed E-state index contributed by atoms with van der Waals surface area (Å²) in [4.78, 5) is 22.1. The first kappa shape index (κ1) is 10.8. The van der Waals surface area contributed by atoms with Crippen LogP contribution in [0.2, 0.25) is 0 Å². The maximum absolute atomic E-state index is 11.8. The molecule has 1 aromatic rings. The minimum atomic E-state index is -3.98. The van der Waals surface area contributed by atoms with Gasteiger partial charge in [0, 0.05) is 0 Å². The number of carbonyl (C=O) groups excluding carboxylic acids is 2. The summed E-state index contributed by atoms with van der Waals surface area (Å²) in [5, 5.41) is 0. The van der Waals surface area contributed by atoms with E-state index in [1.54, 1.807) is 12.1 Å². The Morgan fingerprint density at radius 1 is 1.06 bits per heavy atom. The summed E-state index contributed by atoms with van der Waals surface area (Å²) in [6, 6.07) is 5.98. The second kappa shape index (κ2) is 3.41. The first-order valence-corrected chi connectivity index (χ1v) is 6.04. The first-order chi connectivity index (χ1) is 7.43. The summed E-state index contributed by atoms with van der Waals surface area (Å²) < 4.78 is 24.0. The van der Waals surface area contributed by atoms with Gasteiger partial charge >= 0.3 is 0 Å². The second-order valence-corrected chi connectivity index (χ2v) is 5.33. The minimum Gasteiger partial charge on any atom is -0.273 e. The molecule has 0 saturated carbocycles. The van der Waals surface area contributed by atoms with Gasteiger partial charge in [-0.2, -0.15) is 4.31 Å². The average Bonchev–Trinajstić information content (AvgIpc) is 2.16. The van der Waals surface area contributed by atoms with E-state index in [0.717, 1.165) is 5.56 Å². The number of nitrogens with zero attached hydrogens (tertiary/aromatic N) is 1. The number of aryl methyl sites for hydroxylation is 1. The van der Waals surface area contributed by atoms with Crippen LogP contribution in [0.4, 0.5) is 0 Å². The molecule has 0 bridgehead atoms. The molecule has 0 atom stereocenters. The number of hydrogen-bond donors (Lipinski definition) is 0. The zero-order valence-corrected chi connectivity index (χ0v) is 9.32. The molecule has 0 spiro atoms. The Morgan fingerprint density at radius 2 is 1.56 bits per heavy atom. The topological polar surface area (TPSA) is 71.5 Å². The molecule has 1 aliphatic rings. The van der Waals surface area contributed by atoms with Gasteiger partial charge in [-0.25, -0.2) is 8.42 Å². The van der Waals surface area contributed by atoms with Crippen LogP contribution in [0.15, 0.2) is 29.2 Å². The van der Waals surface area contributed by atoms with Gasteiger partial charge in [-0.1, -0.05) is 17.7 Å². The van der Waals surface area contributed by atoms with Gasteiger partial charge < -0.3 is 0 Å². The average molecular weight is 239 g/mol. The summed E-state index contributed by atoms with van der Waals surface area (Å²) in [5.41, 5.74) is 0.903. The largest absolute Gasteiger partial charge is 0.273 e. The van der Waals surface area contributed by atoms with Crippen LogP contribution in [0.25, 0.3) is 0 Å². The van der Waals surface area contributed by atoms with E-state index in [2.05, 4.69) is 0 Å². The quantitative estimate of drug-likeness (QED) is 0.554. The molecule has 0 radical (unpaired) electrons. The zero-order valence-electron chi connectivity index (χ0n) is 8.50. The molecule has 1 aliphatic heterocycles. The van der Waals surface area contributed by atoms with Gasteiger partial charge in [0.1, 0.15) is 6.42 Å². The van der Waals surface area contributed by atoms with Crippen molar-refractivity contribution in [3.63, 3.8) is 0 Å². The fraction of sp³-hybridized carbons (Fsp3) is 0.200. The molecule has 2 amide bonds. The Hall–Kier alpha value is -1.69. The molecule has 0 aliphatic carbocycles.